The van der Waals surface area contributed by atoms with Crippen molar-refractivity contribution in [2.24, 2.45) is 0 Å². The average molecular weight is 515 g/mol. The van der Waals surface area contributed by atoms with Crippen molar-refractivity contribution in [2.75, 3.05) is 11.6 Å². The van der Waals surface area contributed by atoms with Crippen LogP contribution in [-0.2, 0) is 9.84 Å². The number of hydrogen-bond acceptors (Lipinski definition) is 9. The van der Waals surface area contributed by atoms with Gasteiger partial charge in [0.05, 0.1) is 16.0 Å². The number of hydrogen-bond donors (Lipinski definition) is 1. The molecule has 0 aliphatic heterocycles. The largest absolute Gasteiger partial charge is 0.457 e. The fourth-order valence-electron chi connectivity index (χ4n) is 3.06. The van der Waals surface area contributed by atoms with E-state index in [0.29, 0.717) is 11.3 Å². The van der Waals surface area contributed by atoms with Gasteiger partial charge in [0.1, 0.15) is 17.2 Å². The van der Waals surface area contributed by atoms with Crippen LogP contribution in [0.15, 0.2) is 71.9 Å². The molecule has 13 heteroatoms. The molecule has 0 radical (unpaired) electrons. The van der Waals surface area contributed by atoms with E-state index in [-0.39, 0.29) is 44.0 Å². The van der Waals surface area contributed by atoms with Gasteiger partial charge in [-0.2, -0.15) is 4.39 Å². The highest BCUT2D eigenvalue weighted by atomic mass is 32.2. The van der Waals surface area contributed by atoms with Crippen molar-refractivity contribution in [3.63, 3.8) is 0 Å². The third-order valence-electron chi connectivity index (χ3n) is 4.61. The average Bonchev–Trinajstić information content (AvgIpc) is 3.23. The van der Waals surface area contributed by atoms with E-state index in [9.17, 15) is 27.7 Å². The molecule has 1 amide bonds. The fourth-order valence-corrected chi connectivity index (χ4v) is 4.23. The summed E-state index contributed by atoms with van der Waals surface area (Å²) in [5, 5.41) is 13.4. The van der Waals surface area contributed by atoms with Crippen LogP contribution in [0.5, 0.6) is 11.5 Å². The van der Waals surface area contributed by atoms with Gasteiger partial charge in [0.2, 0.25) is 0 Å². The third kappa shape index (κ3) is 5.65. The van der Waals surface area contributed by atoms with Gasteiger partial charge in [-0.05, 0) is 48.5 Å². The van der Waals surface area contributed by atoms with Gasteiger partial charge in [0.25, 0.3) is 11.6 Å². The van der Waals surface area contributed by atoms with Gasteiger partial charge in [0, 0.05) is 29.6 Å². The molecular weight excluding hydrogens is 499 g/mol. The zero-order chi connectivity index (χ0) is 25.2. The third-order valence-corrected chi connectivity index (χ3v) is 6.44. The van der Waals surface area contributed by atoms with E-state index in [1.165, 1.54) is 60.8 Å². The molecule has 10 nitrogen and oxygen atoms in total. The van der Waals surface area contributed by atoms with Crippen molar-refractivity contribution in [1.29, 1.82) is 0 Å². The molecule has 0 aliphatic rings. The lowest BCUT2D eigenvalue weighted by molar-refractivity contribution is -0.384. The van der Waals surface area contributed by atoms with Gasteiger partial charge in [-0.1, -0.05) is 11.3 Å². The monoisotopic (exact) mass is 514 g/mol. The van der Waals surface area contributed by atoms with Crippen molar-refractivity contribution < 1.29 is 27.3 Å². The van der Waals surface area contributed by atoms with Crippen molar-refractivity contribution in [2.45, 2.75) is 4.90 Å². The second-order valence-electron chi connectivity index (χ2n) is 7.14. The molecule has 0 saturated carbocycles. The summed E-state index contributed by atoms with van der Waals surface area (Å²) in [4.78, 5) is 31.7. The van der Waals surface area contributed by atoms with Crippen LogP contribution in [0, 0.1) is 15.2 Å². The lowest BCUT2D eigenvalue weighted by Crippen LogP contribution is -2.12. The summed E-state index contributed by atoms with van der Waals surface area (Å²) in [6, 6.07) is 12.5. The molecule has 0 bridgehead atoms. The number of nitrogens with one attached hydrogen (secondary N) is 1. The number of amides is 1. The van der Waals surface area contributed by atoms with E-state index in [2.05, 4.69) is 15.3 Å². The van der Waals surface area contributed by atoms with Crippen LogP contribution in [0.1, 0.15) is 10.4 Å². The van der Waals surface area contributed by atoms with Crippen molar-refractivity contribution in [1.82, 2.24) is 9.97 Å². The summed E-state index contributed by atoms with van der Waals surface area (Å²) in [5.74, 6) is -0.263. The van der Waals surface area contributed by atoms with Crippen molar-refractivity contribution in [3.05, 3.63) is 87.8 Å². The van der Waals surface area contributed by atoms with Crippen LogP contribution in [0.4, 0.5) is 15.2 Å². The molecule has 0 aliphatic carbocycles. The van der Waals surface area contributed by atoms with E-state index in [0.717, 1.165) is 12.5 Å². The molecule has 0 spiro atoms. The first-order valence-corrected chi connectivity index (χ1v) is 12.5. The summed E-state index contributed by atoms with van der Waals surface area (Å²) >= 11 is 0.636. The maximum Gasteiger partial charge on any atom is 0.295 e. The minimum absolute atomic E-state index is 0.00437. The number of pyridine rings is 1. The summed E-state index contributed by atoms with van der Waals surface area (Å²) in [7, 11) is -3.41. The first-order chi connectivity index (χ1) is 16.6. The van der Waals surface area contributed by atoms with Crippen molar-refractivity contribution in [3.8, 4) is 22.8 Å². The second kappa shape index (κ2) is 9.56. The highest BCUT2D eigenvalue weighted by molar-refractivity contribution is 7.90. The van der Waals surface area contributed by atoms with Gasteiger partial charge in [-0.15, -0.1) is 0 Å². The van der Waals surface area contributed by atoms with Gasteiger partial charge in [-0.25, -0.2) is 18.4 Å². The molecule has 1 N–H and O–H groups in total. The summed E-state index contributed by atoms with van der Waals surface area (Å²) in [5.41, 5.74) is -0.0148. The minimum Gasteiger partial charge on any atom is -0.457 e. The number of rotatable bonds is 7. The van der Waals surface area contributed by atoms with Crippen LogP contribution in [0.3, 0.4) is 0 Å². The highest BCUT2D eigenvalue weighted by Crippen LogP contribution is 2.33. The molecule has 0 saturated heterocycles. The van der Waals surface area contributed by atoms with E-state index >= 15 is 0 Å². The number of nitrogens with zero attached hydrogens (tertiary/aromatic N) is 3. The smallest absolute Gasteiger partial charge is 0.295 e. The van der Waals surface area contributed by atoms with E-state index < -0.39 is 25.8 Å². The van der Waals surface area contributed by atoms with E-state index in [4.69, 9.17) is 4.74 Å². The van der Waals surface area contributed by atoms with Crippen LogP contribution < -0.4 is 10.1 Å². The quantitative estimate of drug-likeness (QED) is 0.276. The molecule has 2 aromatic carbocycles. The summed E-state index contributed by atoms with van der Waals surface area (Å²) in [6.07, 6.45) is 3.41. The van der Waals surface area contributed by atoms with E-state index in [1.807, 2.05) is 0 Å². The molecule has 0 unspecified atom stereocenters. The zero-order valence-corrected chi connectivity index (χ0v) is 19.5. The first kappa shape index (κ1) is 23.9. The van der Waals surface area contributed by atoms with Crippen LogP contribution in [0.2, 0.25) is 0 Å². The zero-order valence-electron chi connectivity index (χ0n) is 17.8. The van der Waals surface area contributed by atoms with Crippen molar-refractivity contribution >= 4 is 37.9 Å². The molecule has 2 aromatic heterocycles. The van der Waals surface area contributed by atoms with E-state index in [1.54, 1.807) is 0 Å². The molecule has 35 heavy (non-hydrogen) atoms. The number of carbonyl (C=O) groups is 1. The molecule has 178 valence electrons. The van der Waals surface area contributed by atoms with Crippen LogP contribution >= 0.6 is 11.3 Å². The number of carbonyl (C=O) groups excluding carboxylic acids is 1. The highest BCUT2D eigenvalue weighted by Gasteiger charge is 2.20. The minimum atomic E-state index is -3.41. The predicted molar refractivity (Wildman–Crippen MR) is 126 cm³/mol. The predicted octanol–water partition coefficient (Wildman–Crippen LogP) is 4.70. The number of halogens is 1. The Labute approximate surface area is 202 Å². The van der Waals surface area contributed by atoms with Gasteiger partial charge in [-0.3, -0.25) is 20.2 Å². The molecule has 2 heterocycles. The van der Waals surface area contributed by atoms with Gasteiger partial charge < -0.3 is 4.74 Å². The van der Waals surface area contributed by atoms with Gasteiger partial charge >= 0.3 is 0 Å². The topological polar surface area (TPSA) is 141 Å². The Balaban J connectivity index is 1.75. The number of benzene rings is 2. The number of ether oxygens (including phenoxy) is 1. The second-order valence-corrected chi connectivity index (χ2v) is 10.1. The number of anilines is 1. The lowest BCUT2D eigenvalue weighted by Gasteiger charge is -2.11. The molecule has 0 atom stereocenters. The molecule has 4 rings (SSSR count). The van der Waals surface area contributed by atoms with Gasteiger partial charge in [0.15, 0.2) is 20.1 Å². The number of thiazole rings is 1. The molecular formula is C22H15FN4O6S2. The SMILES string of the molecule is CS(=O)(=O)c1ccc(Oc2cc(C(=O)Nc3ncc(F)s3)cc(-c3ncccc3[N+](=O)[O-])c2)cc1. The number of sulfone groups is 1. The Morgan fingerprint density at radius 3 is 2.49 bits per heavy atom. The molecule has 0 fully saturated rings. The Morgan fingerprint density at radius 1 is 1.11 bits per heavy atom. The number of aromatic nitrogens is 2. The Morgan fingerprint density at radius 2 is 1.86 bits per heavy atom. The summed E-state index contributed by atoms with van der Waals surface area (Å²) in [6.45, 7) is 0. The normalized spacial score (nSPS) is 11.1. The lowest BCUT2D eigenvalue weighted by atomic mass is 10.0. The standard InChI is InChI=1S/C22H15FN4O6S2/c1-35(31,32)17-6-4-15(5-7-17)33-16-10-13(20-18(27(29)30)3-2-8-24-20)9-14(11-16)21(28)26-22-25-12-19(23)34-22/h2-12H,1H3,(H,25,26,28). The Kier molecular flexibility index (Phi) is 6.53. The Hall–Kier alpha value is -4.23. The first-order valence-electron chi connectivity index (χ1n) is 9.76. The molecule has 4 aromatic rings. The Bertz CT molecular complexity index is 1540. The maximum absolute atomic E-state index is 13.3. The van der Waals surface area contributed by atoms with Crippen LogP contribution in [-0.4, -0.2) is 35.5 Å². The fraction of sp³-hybridized carbons (Fsp3) is 0.0455. The summed E-state index contributed by atoms with van der Waals surface area (Å²) < 4.78 is 42.5. The maximum atomic E-state index is 13.3. The number of nitro groups is 1. The van der Waals surface area contributed by atoms with Crippen LogP contribution in [0.25, 0.3) is 11.3 Å².